The number of carbonyl (C=O) groups excluding carboxylic acids is 3. The molecular formula is C25H39N5O4S. The van der Waals surface area contributed by atoms with E-state index >= 15 is 0 Å². The number of rotatable bonds is 5. The highest BCUT2D eigenvalue weighted by molar-refractivity contribution is 7.13. The predicted octanol–water partition coefficient (Wildman–Crippen LogP) is 2.94. The van der Waals surface area contributed by atoms with Gasteiger partial charge in [0.25, 0.3) is 5.91 Å². The fourth-order valence-electron chi connectivity index (χ4n) is 5.55. The number of amides is 3. The normalized spacial score (nSPS) is 26.3. The predicted molar refractivity (Wildman–Crippen MR) is 134 cm³/mol. The molecule has 0 bridgehead atoms. The van der Waals surface area contributed by atoms with Gasteiger partial charge in [-0.2, -0.15) is 0 Å². The van der Waals surface area contributed by atoms with E-state index in [1.54, 1.807) is 19.0 Å². The summed E-state index contributed by atoms with van der Waals surface area (Å²) in [6.07, 6.45) is 7.17. The summed E-state index contributed by atoms with van der Waals surface area (Å²) < 4.78 is 5.84. The first-order valence-corrected chi connectivity index (χ1v) is 13.6. The number of nitrogens with one attached hydrogen (secondary N) is 2. The summed E-state index contributed by atoms with van der Waals surface area (Å²) in [5, 5.41) is 6.57. The third-order valence-corrected chi connectivity index (χ3v) is 8.71. The zero-order chi connectivity index (χ0) is 25.2. The van der Waals surface area contributed by atoms with Crippen molar-refractivity contribution in [2.75, 3.05) is 27.7 Å². The Morgan fingerprint density at radius 3 is 2.57 bits per heavy atom. The van der Waals surface area contributed by atoms with Crippen LogP contribution in [0.2, 0.25) is 0 Å². The molecule has 3 amide bonds. The van der Waals surface area contributed by atoms with Gasteiger partial charge in [-0.25, -0.2) is 9.78 Å². The Balaban J connectivity index is 1.45. The second-order valence-corrected chi connectivity index (χ2v) is 11.9. The number of likely N-dealkylation sites (N-methyl/N-ethyl adjacent to an activating group) is 1. The lowest BCUT2D eigenvalue weighted by Crippen LogP contribution is -2.56. The van der Waals surface area contributed by atoms with Gasteiger partial charge < -0.3 is 25.2 Å². The van der Waals surface area contributed by atoms with Gasteiger partial charge in [-0.3, -0.25) is 9.59 Å². The van der Waals surface area contributed by atoms with Gasteiger partial charge in [-0.05, 0) is 58.9 Å². The minimum absolute atomic E-state index is 0.0488. The molecule has 9 nitrogen and oxygen atoms in total. The quantitative estimate of drug-likeness (QED) is 0.638. The molecule has 4 rings (SSSR count). The SMILES string of the molecule is CN1CCc2nc(C(=O)N[C@@H]3C[C@@H](C(=O)N(C)C)CC[C@@H]3NC(=O)OC3(C)CCCCC3)sc2C1. The highest BCUT2D eigenvalue weighted by atomic mass is 32.1. The second-order valence-electron chi connectivity index (χ2n) is 10.9. The molecular weight excluding hydrogens is 466 g/mol. The van der Waals surface area contributed by atoms with E-state index in [-0.39, 0.29) is 29.8 Å². The first-order valence-electron chi connectivity index (χ1n) is 12.8. The monoisotopic (exact) mass is 505 g/mol. The summed E-state index contributed by atoms with van der Waals surface area (Å²) >= 11 is 1.43. The summed E-state index contributed by atoms with van der Waals surface area (Å²) in [6.45, 7) is 3.74. The van der Waals surface area contributed by atoms with Crippen LogP contribution in [0.15, 0.2) is 0 Å². The molecule has 2 N–H and O–H groups in total. The van der Waals surface area contributed by atoms with Crippen molar-refractivity contribution in [3.63, 3.8) is 0 Å². The second kappa shape index (κ2) is 10.8. The minimum atomic E-state index is -0.441. The lowest BCUT2D eigenvalue weighted by atomic mass is 9.81. The van der Waals surface area contributed by atoms with Gasteiger partial charge in [0.2, 0.25) is 5.91 Å². The zero-order valence-corrected chi connectivity index (χ0v) is 22.2. The number of hydrogen-bond acceptors (Lipinski definition) is 7. The average Bonchev–Trinajstić information content (AvgIpc) is 3.23. The Morgan fingerprint density at radius 2 is 1.86 bits per heavy atom. The van der Waals surface area contributed by atoms with E-state index < -0.39 is 11.7 Å². The van der Waals surface area contributed by atoms with E-state index in [1.165, 1.54) is 17.8 Å². The van der Waals surface area contributed by atoms with Crippen LogP contribution in [0.5, 0.6) is 0 Å². The standard InChI is InChI=1S/C25H39N5O4S/c1-25(11-6-5-7-12-25)34-24(33)28-17-9-8-16(23(32)29(2)3)14-19(17)26-21(31)22-27-18-10-13-30(4)15-20(18)35-22/h16-17,19H,5-15H2,1-4H3,(H,26,31)(H,28,33)/t16-,17-,19+/m0/s1. The maximum atomic E-state index is 13.2. The molecule has 0 aromatic carbocycles. The van der Waals surface area contributed by atoms with Crippen molar-refractivity contribution in [3.05, 3.63) is 15.6 Å². The summed E-state index contributed by atoms with van der Waals surface area (Å²) in [4.78, 5) is 48.3. The number of hydrogen-bond donors (Lipinski definition) is 2. The summed E-state index contributed by atoms with van der Waals surface area (Å²) in [5.74, 6) is -0.388. The van der Waals surface area contributed by atoms with Crippen LogP contribution in [0, 0.1) is 5.92 Å². The molecule has 0 radical (unpaired) electrons. The molecule has 2 saturated carbocycles. The van der Waals surface area contributed by atoms with Gasteiger partial charge >= 0.3 is 6.09 Å². The smallest absolute Gasteiger partial charge is 0.407 e. The van der Waals surface area contributed by atoms with Crippen LogP contribution in [0.3, 0.4) is 0 Å². The molecule has 1 aliphatic heterocycles. The average molecular weight is 506 g/mol. The number of thiazole rings is 1. The Hall–Kier alpha value is -2.20. The van der Waals surface area contributed by atoms with Crippen molar-refractivity contribution in [3.8, 4) is 0 Å². The van der Waals surface area contributed by atoms with Gasteiger partial charge in [-0.15, -0.1) is 11.3 Å². The summed E-state index contributed by atoms with van der Waals surface area (Å²) in [7, 11) is 5.56. The van der Waals surface area contributed by atoms with Crippen LogP contribution in [-0.2, 0) is 22.5 Å². The molecule has 10 heteroatoms. The molecule has 2 aliphatic carbocycles. The third kappa shape index (κ3) is 6.33. The highest BCUT2D eigenvalue weighted by Gasteiger charge is 2.38. The zero-order valence-electron chi connectivity index (χ0n) is 21.4. The maximum Gasteiger partial charge on any atom is 0.407 e. The van der Waals surface area contributed by atoms with Crippen molar-refractivity contribution in [1.29, 1.82) is 0 Å². The molecule has 0 saturated heterocycles. The molecule has 1 aromatic heterocycles. The largest absolute Gasteiger partial charge is 0.443 e. The van der Waals surface area contributed by atoms with E-state index in [0.29, 0.717) is 24.3 Å². The van der Waals surface area contributed by atoms with Crippen LogP contribution in [0.25, 0.3) is 0 Å². The number of alkyl carbamates (subject to hydrolysis) is 1. The first-order chi connectivity index (χ1) is 16.6. The van der Waals surface area contributed by atoms with E-state index in [0.717, 1.165) is 55.8 Å². The summed E-state index contributed by atoms with van der Waals surface area (Å²) in [6, 6.07) is -0.675. The minimum Gasteiger partial charge on any atom is -0.443 e. The van der Waals surface area contributed by atoms with E-state index in [1.807, 2.05) is 6.92 Å². The van der Waals surface area contributed by atoms with Crippen molar-refractivity contribution in [2.24, 2.45) is 5.92 Å². The van der Waals surface area contributed by atoms with Crippen LogP contribution in [0.1, 0.15) is 78.7 Å². The van der Waals surface area contributed by atoms with E-state index in [9.17, 15) is 14.4 Å². The van der Waals surface area contributed by atoms with Gasteiger partial charge in [0.05, 0.1) is 17.8 Å². The fourth-order valence-corrected chi connectivity index (χ4v) is 6.64. The molecule has 0 unspecified atom stereocenters. The number of carbonyl (C=O) groups is 3. The number of fused-ring (bicyclic) bond motifs is 1. The van der Waals surface area contributed by atoms with Crippen LogP contribution in [0.4, 0.5) is 4.79 Å². The Kier molecular flexibility index (Phi) is 8.00. The Morgan fingerprint density at radius 1 is 1.11 bits per heavy atom. The lowest BCUT2D eigenvalue weighted by Gasteiger charge is -2.38. The van der Waals surface area contributed by atoms with Crippen LogP contribution >= 0.6 is 11.3 Å². The topological polar surface area (TPSA) is 104 Å². The number of ether oxygens (including phenoxy) is 1. The fraction of sp³-hybridized carbons (Fsp3) is 0.760. The Labute approximate surface area is 212 Å². The first kappa shape index (κ1) is 25.9. The molecule has 2 heterocycles. The number of nitrogens with zero attached hydrogens (tertiary/aromatic N) is 3. The van der Waals surface area contributed by atoms with Crippen LogP contribution in [-0.4, -0.2) is 78.1 Å². The molecule has 1 aromatic rings. The van der Waals surface area contributed by atoms with Gasteiger partial charge in [-0.1, -0.05) is 6.42 Å². The summed E-state index contributed by atoms with van der Waals surface area (Å²) in [5.41, 5.74) is 0.563. The maximum absolute atomic E-state index is 13.2. The highest BCUT2D eigenvalue weighted by Crippen LogP contribution is 2.32. The van der Waals surface area contributed by atoms with Gasteiger partial charge in [0, 0.05) is 44.4 Å². The molecule has 35 heavy (non-hydrogen) atoms. The molecule has 3 aliphatic rings. The molecule has 194 valence electrons. The van der Waals surface area contributed by atoms with Crippen molar-refractivity contribution >= 4 is 29.2 Å². The number of aromatic nitrogens is 1. The Bertz CT molecular complexity index is 942. The van der Waals surface area contributed by atoms with Gasteiger partial charge in [0.15, 0.2) is 5.01 Å². The van der Waals surface area contributed by atoms with Gasteiger partial charge in [0.1, 0.15) is 5.60 Å². The molecule has 0 spiro atoms. The van der Waals surface area contributed by atoms with Crippen molar-refractivity contribution in [2.45, 2.75) is 88.9 Å². The third-order valence-electron chi connectivity index (χ3n) is 7.63. The van der Waals surface area contributed by atoms with E-state index in [2.05, 4.69) is 27.6 Å². The molecule has 2 fully saturated rings. The lowest BCUT2D eigenvalue weighted by molar-refractivity contribution is -0.134. The molecule has 3 atom stereocenters. The van der Waals surface area contributed by atoms with Crippen molar-refractivity contribution in [1.82, 2.24) is 25.4 Å². The van der Waals surface area contributed by atoms with E-state index in [4.69, 9.17) is 4.74 Å². The van der Waals surface area contributed by atoms with Crippen molar-refractivity contribution < 1.29 is 19.1 Å². The van der Waals surface area contributed by atoms with Crippen LogP contribution < -0.4 is 10.6 Å².